The molecule has 0 aliphatic rings. The van der Waals surface area contributed by atoms with E-state index in [0.29, 0.717) is 32.3 Å². The molecule has 0 amide bonds. The third-order valence-electron chi connectivity index (χ3n) is 8.79. The molecule has 212 valence electrons. The lowest BCUT2D eigenvalue weighted by atomic mass is 9.77. The molecular weight excluding hydrogens is 536 g/mol. The molecule has 39 heavy (non-hydrogen) atoms. The molecule has 0 aliphatic carbocycles. The van der Waals surface area contributed by atoms with Gasteiger partial charge in [-0.3, -0.25) is 0 Å². The summed E-state index contributed by atoms with van der Waals surface area (Å²) in [6, 6.07) is 13.2. The molecule has 1 heterocycles. The van der Waals surface area contributed by atoms with E-state index in [-0.39, 0.29) is 10.3 Å². The van der Waals surface area contributed by atoms with Crippen LogP contribution < -0.4 is 0 Å². The maximum atomic E-state index is 12.0. The number of halogens is 1. The second-order valence-corrected chi connectivity index (χ2v) is 16.0. The summed E-state index contributed by atoms with van der Waals surface area (Å²) in [5, 5.41) is 3.59. The first kappa shape index (κ1) is 32.2. The molecule has 0 radical (unpaired) electrons. The lowest BCUT2D eigenvalue weighted by Gasteiger charge is -2.43. The summed E-state index contributed by atoms with van der Waals surface area (Å²) in [5.74, 6) is 3.87. The predicted octanol–water partition coefficient (Wildman–Crippen LogP) is 10.9. The number of nitrogens with zero attached hydrogens (tertiary/aromatic N) is 1. The van der Waals surface area contributed by atoms with Crippen LogP contribution in [0.5, 0.6) is 0 Å². The maximum absolute atomic E-state index is 12.0. The SMILES string of the molecule is CCCPC(c1ccc(Cl)c2cc3cccc(C(PC(=C=O)CC)(C(C)C)C(C)C)c3nc12)(C(C)C)C(C)C. The standard InChI is InChI=1S/C34H48ClNOP2/c1-11-18-38-33(21(3)4,22(5)6)29-16-17-30(35)27-19-25-14-13-15-28(31(25)36-32(27)29)34(23(7)8,24(9)10)39-26(12-2)20-37/h13-17,19,21-24,38-39H,11-12,18H2,1-10H3. The van der Waals surface area contributed by atoms with E-state index in [9.17, 15) is 4.79 Å². The van der Waals surface area contributed by atoms with Crippen molar-refractivity contribution in [3.63, 3.8) is 0 Å². The van der Waals surface area contributed by atoms with Crippen LogP contribution in [0.25, 0.3) is 21.8 Å². The molecule has 0 saturated carbocycles. The second-order valence-electron chi connectivity index (χ2n) is 12.2. The summed E-state index contributed by atoms with van der Waals surface area (Å²) in [7, 11) is 1.18. The van der Waals surface area contributed by atoms with Gasteiger partial charge >= 0.3 is 0 Å². The first-order valence-corrected chi connectivity index (χ1v) is 17.3. The summed E-state index contributed by atoms with van der Waals surface area (Å²) in [6.45, 7) is 23.0. The number of fused-ring (bicyclic) bond motifs is 2. The normalized spacial score (nSPS) is 13.5. The zero-order chi connectivity index (χ0) is 29.1. The van der Waals surface area contributed by atoms with E-state index in [4.69, 9.17) is 16.6 Å². The smallest absolute Gasteiger partial charge is 0.128 e. The van der Waals surface area contributed by atoms with Crippen molar-refractivity contribution in [3.8, 4) is 0 Å². The summed E-state index contributed by atoms with van der Waals surface area (Å²) in [6.07, 6.45) is 3.12. The van der Waals surface area contributed by atoms with E-state index in [0.717, 1.165) is 47.1 Å². The Morgan fingerprint density at radius 2 is 1.46 bits per heavy atom. The molecule has 0 aliphatic heterocycles. The molecule has 2 unspecified atom stereocenters. The molecule has 3 aromatic rings. The van der Waals surface area contributed by atoms with E-state index < -0.39 is 0 Å². The molecule has 0 spiro atoms. The number of hydrogen-bond acceptors (Lipinski definition) is 2. The van der Waals surface area contributed by atoms with Crippen LogP contribution in [0.3, 0.4) is 0 Å². The fraction of sp³-hybridized carbons (Fsp3) is 0.559. The van der Waals surface area contributed by atoms with Crippen LogP contribution in [-0.2, 0) is 15.1 Å². The van der Waals surface area contributed by atoms with Gasteiger partial charge in [0.25, 0.3) is 0 Å². The Balaban J connectivity index is 2.52. The van der Waals surface area contributed by atoms with Crippen molar-refractivity contribution in [1.82, 2.24) is 4.98 Å². The van der Waals surface area contributed by atoms with Crippen molar-refractivity contribution in [2.24, 2.45) is 23.7 Å². The van der Waals surface area contributed by atoms with Crippen LogP contribution in [-0.4, -0.2) is 17.1 Å². The quantitative estimate of drug-likeness (QED) is 0.121. The molecule has 2 aromatic carbocycles. The average molecular weight is 584 g/mol. The van der Waals surface area contributed by atoms with Gasteiger partial charge in [-0.15, -0.1) is 8.58 Å². The van der Waals surface area contributed by atoms with Gasteiger partial charge in [0.1, 0.15) is 5.94 Å². The molecular formula is C34H48ClNOP2. The summed E-state index contributed by atoms with van der Waals surface area (Å²) < 4.78 is 0. The predicted molar refractivity (Wildman–Crippen MR) is 178 cm³/mol. The van der Waals surface area contributed by atoms with Gasteiger partial charge in [-0.25, -0.2) is 9.78 Å². The minimum Gasteiger partial charge on any atom is -0.247 e. The first-order valence-electron chi connectivity index (χ1n) is 14.7. The zero-order valence-corrected chi connectivity index (χ0v) is 28.4. The van der Waals surface area contributed by atoms with Gasteiger partial charge in [0.2, 0.25) is 0 Å². The topological polar surface area (TPSA) is 30.0 Å². The van der Waals surface area contributed by atoms with Gasteiger partial charge < -0.3 is 0 Å². The Hall–Kier alpha value is -1.29. The Morgan fingerprint density at radius 3 is 1.97 bits per heavy atom. The highest BCUT2D eigenvalue weighted by Gasteiger charge is 2.43. The molecule has 0 bridgehead atoms. The van der Waals surface area contributed by atoms with Crippen molar-refractivity contribution < 1.29 is 4.79 Å². The number of benzene rings is 2. The van der Waals surface area contributed by atoms with Gasteiger partial charge in [0.15, 0.2) is 0 Å². The fourth-order valence-electron chi connectivity index (χ4n) is 6.78. The summed E-state index contributed by atoms with van der Waals surface area (Å²) >= 11 is 6.90. The van der Waals surface area contributed by atoms with Crippen LogP contribution in [0, 0.1) is 23.7 Å². The number of pyridine rings is 1. The van der Waals surface area contributed by atoms with Gasteiger partial charge in [0, 0.05) is 26.4 Å². The molecule has 0 N–H and O–H groups in total. The third kappa shape index (κ3) is 5.75. The minimum atomic E-state index is -0.210. The number of hydrogen-bond donors (Lipinski definition) is 0. The van der Waals surface area contributed by atoms with Gasteiger partial charge in [-0.1, -0.05) is 120 Å². The molecule has 2 nitrogen and oxygen atoms in total. The number of allylic oxidation sites excluding steroid dienone is 1. The molecule has 0 fully saturated rings. The van der Waals surface area contributed by atoms with E-state index in [1.165, 1.54) is 23.7 Å². The highest BCUT2D eigenvalue weighted by atomic mass is 35.5. The van der Waals surface area contributed by atoms with Gasteiger partial charge in [0.05, 0.1) is 16.1 Å². The second kappa shape index (κ2) is 13.1. The van der Waals surface area contributed by atoms with Crippen LogP contribution in [0.15, 0.2) is 41.7 Å². The van der Waals surface area contributed by atoms with Crippen molar-refractivity contribution in [2.45, 2.75) is 92.4 Å². The van der Waals surface area contributed by atoms with Crippen molar-refractivity contribution in [2.75, 3.05) is 6.16 Å². The van der Waals surface area contributed by atoms with Crippen molar-refractivity contribution >= 4 is 56.5 Å². The molecule has 3 rings (SSSR count). The molecule has 5 heteroatoms. The third-order valence-corrected chi connectivity index (χ3v) is 14.5. The van der Waals surface area contributed by atoms with Crippen LogP contribution in [0.4, 0.5) is 0 Å². The Morgan fingerprint density at radius 1 is 0.872 bits per heavy atom. The Kier molecular flexibility index (Phi) is 10.9. The highest BCUT2D eigenvalue weighted by Crippen LogP contribution is 2.58. The van der Waals surface area contributed by atoms with E-state index in [2.05, 4.69) is 112 Å². The molecule has 1 aromatic heterocycles. The summed E-state index contributed by atoms with van der Waals surface area (Å²) in [5.41, 5.74) is 4.66. The Labute approximate surface area is 245 Å². The van der Waals surface area contributed by atoms with E-state index in [1.807, 2.05) is 0 Å². The van der Waals surface area contributed by atoms with Gasteiger partial charge in [-0.2, -0.15) is 0 Å². The zero-order valence-electron chi connectivity index (χ0n) is 25.6. The minimum absolute atomic E-state index is 0.0268. The number of rotatable bonds is 12. The first-order chi connectivity index (χ1) is 18.4. The lowest BCUT2D eigenvalue weighted by molar-refractivity contribution is 0.339. The van der Waals surface area contributed by atoms with Crippen molar-refractivity contribution in [1.29, 1.82) is 0 Å². The largest absolute Gasteiger partial charge is 0.247 e. The molecule has 2 atom stereocenters. The highest BCUT2D eigenvalue weighted by molar-refractivity contribution is 7.45. The Bertz CT molecular complexity index is 1340. The van der Waals surface area contributed by atoms with Crippen LogP contribution in [0.1, 0.15) is 93.2 Å². The summed E-state index contributed by atoms with van der Waals surface area (Å²) in [4.78, 5) is 17.5. The van der Waals surface area contributed by atoms with Crippen LogP contribution >= 0.6 is 28.8 Å². The maximum Gasteiger partial charge on any atom is 0.128 e. The van der Waals surface area contributed by atoms with E-state index in [1.54, 1.807) is 0 Å². The van der Waals surface area contributed by atoms with E-state index >= 15 is 0 Å². The number of carbonyl (C=O) groups excluding carboxylic acids is 1. The lowest BCUT2D eigenvalue weighted by Crippen LogP contribution is -2.34. The van der Waals surface area contributed by atoms with Gasteiger partial charge in [-0.05, 0) is 59.5 Å². The number of aromatic nitrogens is 1. The molecule has 0 saturated heterocycles. The number of para-hydroxylation sites is 1. The van der Waals surface area contributed by atoms with Crippen molar-refractivity contribution in [3.05, 3.63) is 57.9 Å². The van der Waals surface area contributed by atoms with Crippen LogP contribution in [0.2, 0.25) is 5.02 Å². The monoisotopic (exact) mass is 583 g/mol. The average Bonchev–Trinajstić information content (AvgIpc) is 2.89. The fourth-order valence-corrected chi connectivity index (χ4v) is 10.5.